The van der Waals surface area contributed by atoms with Crippen LogP contribution >= 0.6 is 7.82 Å². The largest absolute Gasteiger partial charge is 0.472 e. The zero-order chi connectivity index (χ0) is 61.2. The molecule has 2 N–H and O–H groups in total. The van der Waals surface area contributed by atoms with Crippen LogP contribution in [-0.2, 0) is 42.2 Å². The molecule has 0 heterocycles. The van der Waals surface area contributed by atoms with E-state index < -0.39 is 57.8 Å². The number of esters is 3. The molecule has 3 atom stereocenters. The summed E-state index contributed by atoms with van der Waals surface area (Å²) < 4.78 is 39.9. The van der Waals surface area contributed by atoms with E-state index in [1.165, 1.54) is 212 Å². The number of rotatable bonds is 67. The van der Waals surface area contributed by atoms with Crippen LogP contribution in [0.5, 0.6) is 0 Å². The fourth-order valence-electron chi connectivity index (χ4n) is 10.3. The number of carbonyl (C=O) groups is 3. The first-order chi connectivity index (χ1) is 41.2. The van der Waals surface area contributed by atoms with Gasteiger partial charge in [0, 0.05) is 19.3 Å². The topological polar surface area (TPSA) is 155 Å². The number of allylic oxidation sites excluding steroid dienone is 8. The van der Waals surface area contributed by atoms with E-state index in [-0.39, 0.29) is 25.9 Å². The van der Waals surface area contributed by atoms with Gasteiger partial charge in [-0.2, -0.15) is 0 Å². The van der Waals surface area contributed by atoms with Gasteiger partial charge in [-0.15, -0.1) is 0 Å². The number of carbonyl (C=O) groups excluding carboxylic acids is 3. The summed E-state index contributed by atoms with van der Waals surface area (Å²) in [7, 11) is -4.76. The van der Waals surface area contributed by atoms with Gasteiger partial charge in [0.2, 0.25) is 0 Å². The van der Waals surface area contributed by atoms with Crippen molar-refractivity contribution in [3.8, 4) is 0 Å². The minimum absolute atomic E-state index is 0.166. The molecule has 0 bridgehead atoms. The summed E-state index contributed by atoms with van der Waals surface area (Å²) >= 11 is 0. The van der Waals surface area contributed by atoms with E-state index in [2.05, 4.69) is 69.4 Å². The molecule has 84 heavy (non-hydrogen) atoms. The van der Waals surface area contributed by atoms with E-state index in [1.807, 2.05) is 0 Å². The molecule has 0 rings (SSSR count). The molecule has 0 saturated carbocycles. The summed E-state index contributed by atoms with van der Waals surface area (Å²) in [6.07, 6.45) is 74.8. The Labute approximate surface area is 517 Å². The van der Waals surface area contributed by atoms with E-state index in [1.54, 1.807) is 0 Å². The average molecular weight is 1210 g/mol. The average Bonchev–Trinajstić information content (AvgIpc) is 3.54. The number of aliphatic hydroxyl groups excluding tert-OH is 1. The minimum atomic E-state index is -4.76. The van der Waals surface area contributed by atoms with Gasteiger partial charge in [-0.3, -0.25) is 23.4 Å². The molecule has 12 heteroatoms. The zero-order valence-electron chi connectivity index (χ0n) is 54.9. The van der Waals surface area contributed by atoms with Crippen LogP contribution in [0.2, 0.25) is 0 Å². The summed E-state index contributed by atoms with van der Waals surface area (Å²) in [6.45, 7) is 4.68. The second-order valence-electron chi connectivity index (χ2n) is 24.1. The molecular formula is C72H133O11P. The molecule has 0 aromatic heterocycles. The lowest BCUT2D eigenvalue weighted by Crippen LogP contribution is -2.30. The molecular weight excluding hydrogens is 1070 g/mol. The summed E-state index contributed by atoms with van der Waals surface area (Å²) in [4.78, 5) is 48.9. The first-order valence-electron chi connectivity index (χ1n) is 35.5. The highest BCUT2D eigenvalue weighted by molar-refractivity contribution is 7.47. The third kappa shape index (κ3) is 63.9. The van der Waals surface area contributed by atoms with E-state index in [0.29, 0.717) is 19.3 Å². The number of unbranched alkanes of at least 4 members (excludes halogenated alkanes) is 42. The van der Waals surface area contributed by atoms with Crippen LogP contribution in [0.15, 0.2) is 48.6 Å². The molecule has 0 aliphatic rings. The van der Waals surface area contributed by atoms with Crippen molar-refractivity contribution in [1.29, 1.82) is 0 Å². The Morgan fingerprint density at radius 2 is 0.583 bits per heavy atom. The van der Waals surface area contributed by atoms with Crippen LogP contribution in [0.3, 0.4) is 0 Å². The smallest absolute Gasteiger partial charge is 0.462 e. The van der Waals surface area contributed by atoms with E-state index in [0.717, 1.165) is 83.5 Å². The number of hydrogen-bond acceptors (Lipinski definition) is 10. The number of ether oxygens (including phenoxy) is 3. The SMILES string of the molecule is CCCCC/C=C\C/C=C\CCCCCCCCCCCC(=O)OC(CO)COP(=O)(O)OCC(COC(=O)CCCCCCCCCCCCCCCCCCCCC)OC(=O)CCCCCCCCCCC/C=C\C/C=C\CCCCC. The Bertz CT molecular complexity index is 1600. The van der Waals surface area contributed by atoms with Crippen molar-refractivity contribution in [2.75, 3.05) is 26.4 Å². The van der Waals surface area contributed by atoms with Gasteiger partial charge in [-0.25, -0.2) is 4.57 Å². The molecule has 0 aromatic rings. The molecule has 492 valence electrons. The molecule has 0 spiro atoms. The van der Waals surface area contributed by atoms with Crippen LogP contribution in [0.1, 0.15) is 355 Å². The van der Waals surface area contributed by atoms with Crippen molar-refractivity contribution >= 4 is 25.7 Å². The zero-order valence-corrected chi connectivity index (χ0v) is 55.8. The lowest BCUT2D eigenvalue weighted by atomic mass is 10.0. The molecule has 0 aliphatic carbocycles. The van der Waals surface area contributed by atoms with Crippen molar-refractivity contribution in [3.63, 3.8) is 0 Å². The lowest BCUT2D eigenvalue weighted by Gasteiger charge is -2.21. The van der Waals surface area contributed by atoms with Crippen LogP contribution < -0.4 is 0 Å². The molecule has 0 radical (unpaired) electrons. The molecule has 11 nitrogen and oxygen atoms in total. The molecule has 0 aromatic carbocycles. The van der Waals surface area contributed by atoms with Crippen molar-refractivity contribution in [1.82, 2.24) is 0 Å². The predicted molar refractivity (Wildman–Crippen MR) is 353 cm³/mol. The van der Waals surface area contributed by atoms with Crippen LogP contribution in [-0.4, -0.2) is 66.5 Å². The van der Waals surface area contributed by atoms with E-state index in [9.17, 15) is 28.9 Å². The minimum Gasteiger partial charge on any atom is -0.462 e. The van der Waals surface area contributed by atoms with Crippen molar-refractivity contribution in [3.05, 3.63) is 48.6 Å². The predicted octanol–water partition coefficient (Wildman–Crippen LogP) is 22.0. The van der Waals surface area contributed by atoms with Gasteiger partial charge in [0.05, 0.1) is 19.8 Å². The Balaban J connectivity index is 4.64. The molecule has 0 amide bonds. The second-order valence-corrected chi connectivity index (χ2v) is 25.5. The summed E-state index contributed by atoms with van der Waals surface area (Å²) in [5.41, 5.74) is 0. The Morgan fingerprint density at radius 1 is 0.333 bits per heavy atom. The van der Waals surface area contributed by atoms with E-state index >= 15 is 0 Å². The highest BCUT2D eigenvalue weighted by Gasteiger charge is 2.28. The van der Waals surface area contributed by atoms with Gasteiger partial charge >= 0.3 is 25.7 Å². The monoisotopic (exact) mass is 1200 g/mol. The van der Waals surface area contributed by atoms with Gasteiger partial charge in [-0.05, 0) is 83.5 Å². The van der Waals surface area contributed by atoms with Gasteiger partial charge in [0.15, 0.2) is 6.10 Å². The van der Waals surface area contributed by atoms with Crippen LogP contribution in [0.4, 0.5) is 0 Å². The summed E-state index contributed by atoms with van der Waals surface area (Å²) in [5.74, 6) is -1.44. The van der Waals surface area contributed by atoms with Crippen LogP contribution in [0, 0.1) is 0 Å². The Kier molecular flexibility index (Phi) is 64.4. The quantitative estimate of drug-likeness (QED) is 0.0197. The standard InChI is InChI=1S/C72H133O11P/c1-4-7-10-13-16-19-22-25-28-31-34-37-40-43-46-49-52-55-58-61-70(74)79-65-69(83-72(76)63-60-57-54-51-48-45-42-39-36-33-30-27-24-21-18-15-12-9-6-3)67-81-84(77,78)80-66-68(64-73)82-71(75)62-59-56-53-50-47-44-41-38-35-32-29-26-23-20-17-14-11-8-5-2/h17-18,20-21,26-27,29-30,68-69,73H,4-16,19,22-25,28,31-67H2,1-3H3,(H,77,78)/b20-17-,21-18-,29-26-,30-27-. The maximum atomic E-state index is 13.0. The Hall–Kier alpha value is -2.56. The van der Waals surface area contributed by atoms with Crippen LogP contribution in [0.25, 0.3) is 0 Å². The maximum Gasteiger partial charge on any atom is 0.472 e. The summed E-state index contributed by atoms with van der Waals surface area (Å²) in [5, 5.41) is 9.89. The van der Waals surface area contributed by atoms with Crippen molar-refractivity contribution in [2.24, 2.45) is 0 Å². The number of phosphoric ester groups is 1. The fraction of sp³-hybridized carbons (Fsp3) is 0.847. The second kappa shape index (κ2) is 66.4. The lowest BCUT2D eigenvalue weighted by molar-refractivity contribution is -0.161. The molecule has 0 fully saturated rings. The molecule has 3 unspecified atom stereocenters. The van der Waals surface area contributed by atoms with E-state index in [4.69, 9.17) is 23.3 Å². The number of hydrogen-bond donors (Lipinski definition) is 2. The highest BCUT2D eigenvalue weighted by atomic mass is 31.2. The maximum absolute atomic E-state index is 13.0. The van der Waals surface area contributed by atoms with Gasteiger partial charge in [-0.1, -0.05) is 301 Å². The number of aliphatic hydroxyl groups is 1. The van der Waals surface area contributed by atoms with Crippen molar-refractivity contribution in [2.45, 2.75) is 367 Å². The normalized spacial score (nSPS) is 13.4. The molecule has 0 saturated heterocycles. The highest BCUT2D eigenvalue weighted by Crippen LogP contribution is 2.43. The van der Waals surface area contributed by atoms with Gasteiger partial charge in [0.1, 0.15) is 12.7 Å². The fourth-order valence-corrected chi connectivity index (χ4v) is 11.1. The third-order valence-electron chi connectivity index (χ3n) is 15.7. The van der Waals surface area contributed by atoms with Crippen molar-refractivity contribution < 1.29 is 52.2 Å². The number of phosphoric acid groups is 1. The van der Waals surface area contributed by atoms with Gasteiger partial charge in [0.25, 0.3) is 0 Å². The molecule has 0 aliphatic heterocycles. The first kappa shape index (κ1) is 81.4. The first-order valence-corrected chi connectivity index (χ1v) is 37.0. The van der Waals surface area contributed by atoms with Gasteiger partial charge < -0.3 is 24.2 Å². The third-order valence-corrected chi connectivity index (χ3v) is 16.7. The summed E-state index contributed by atoms with van der Waals surface area (Å²) in [6, 6.07) is 0. The Morgan fingerprint density at radius 3 is 0.905 bits per heavy atom.